The number of carbonyl (C=O) groups excluding carboxylic acids is 3. The Hall–Kier alpha value is -2.71. The van der Waals surface area contributed by atoms with Crippen LogP contribution >= 0.6 is 0 Å². The highest BCUT2D eigenvalue weighted by molar-refractivity contribution is 6.07. The second-order valence-corrected chi connectivity index (χ2v) is 8.16. The van der Waals surface area contributed by atoms with E-state index in [4.69, 9.17) is 0 Å². The first kappa shape index (κ1) is 19.6. The number of hydrogen-bond donors (Lipinski definition) is 2. The number of hydrogen-bond acceptors (Lipinski definition) is 4. The highest BCUT2D eigenvalue weighted by Crippen LogP contribution is 2.43. The second kappa shape index (κ2) is 7.27. The quantitative estimate of drug-likeness (QED) is 0.731. The lowest BCUT2D eigenvalue weighted by molar-refractivity contribution is -0.133. The molecule has 2 saturated heterocycles. The van der Waals surface area contributed by atoms with E-state index >= 15 is 0 Å². The summed E-state index contributed by atoms with van der Waals surface area (Å²) < 4.78 is 27.1. The predicted octanol–water partition coefficient (Wildman–Crippen LogP) is 1.77. The van der Waals surface area contributed by atoms with Gasteiger partial charge in [-0.1, -0.05) is 0 Å². The van der Waals surface area contributed by atoms with Crippen molar-refractivity contribution in [3.8, 4) is 0 Å². The van der Waals surface area contributed by atoms with Crippen LogP contribution in [0.15, 0.2) is 18.2 Å². The van der Waals surface area contributed by atoms with E-state index in [2.05, 4.69) is 10.6 Å². The number of benzene rings is 1. The molecule has 2 N–H and O–H groups in total. The molecule has 7 nitrogen and oxygen atoms in total. The molecule has 2 aliphatic heterocycles. The summed E-state index contributed by atoms with van der Waals surface area (Å²) >= 11 is 0. The Labute approximate surface area is 167 Å². The lowest BCUT2D eigenvalue weighted by Gasteiger charge is -2.41. The molecule has 4 rings (SSSR count). The van der Waals surface area contributed by atoms with Gasteiger partial charge in [-0.15, -0.1) is 0 Å². The van der Waals surface area contributed by atoms with Crippen LogP contribution in [0, 0.1) is 17.6 Å². The number of piperazine rings is 1. The zero-order valence-electron chi connectivity index (χ0n) is 16.2. The van der Waals surface area contributed by atoms with Gasteiger partial charge in [0.15, 0.2) is 0 Å². The van der Waals surface area contributed by atoms with Crippen LogP contribution in [0.5, 0.6) is 0 Å². The molecular formula is C20H24F2N4O3. The zero-order chi connectivity index (χ0) is 20.8. The van der Waals surface area contributed by atoms with Crippen LogP contribution in [0.2, 0.25) is 0 Å². The van der Waals surface area contributed by atoms with Gasteiger partial charge in [0.25, 0.3) is 5.91 Å². The van der Waals surface area contributed by atoms with Crippen LogP contribution in [0.3, 0.4) is 0 Å². The molecule has 3 aliphatic rings. The number of amides is 4. The molecule has 156 valence electrons. The average Bonchev–Trinajstić information content (AvgIpc) is 3.45. The Kier molecular flexibility index (Phi) is 4.92. The average molecular weight is 406 g/mol. The molecule has 1 aromatic rings. The lowest BCUT2D eigenvalue weighted by Crippen LogP contribution is -2.54. The Bertz CT molecular complexity index is 840. The Morgan fingerprint density at radius 3 is 2.41 bits per heavy atom. The second-order valence-electron chi connectivity index (χ2n) is 8.16. The van der Waals surface area contributed by atoms with E-state index in [-0.39, 0.29) is 36.6 Å². The fourth-order valence-electron chi connectivity index (χ4n) is 4.48. The van der Waals surface area contributed by atoms with Gasteiger partial charge in [0.2, 0.25) is 5.91 Å². The van der Waals surface area contributed by atoms with Gasteiger partial charge in [-0.25, -0.2) is 13.6 Å². The number of halogens is 2. The molecule has 29 heavy (non-hydrogen) atoms. The van der Waals surface area contributed by atoms with Crippen LogP contribution in [0.4, 0.5) is 19.3 Å². The molecule has 0 radical (unpaired) electrons. The standard InChI is InChI=1S/C20H24F2N4O3/c1-12-11-25(6-7-26(12)16-9-14(21)8-15(22)10-16)17(27)4-5-20(13-2-3-13)18(28)23-19(29)24-20/h8-10,12-13H,2-7,11H2,1H3,(H2,23,24,28,29)/t12-,20+/m1/s1. The molecule has 9 heteroatoms. The molecule has 1 aliphatic carbocycles. The summed E-state index contributed by atoms with van der Waals surface area (Å²) in [6.07, 6.45) is 2.16. The lowest BCUT2D eigenvalue weighted by atomic mass is 9.87. The van der Waals surface area contributed by atoms with Gasteiger partial charge in [-0.3, -0.25) is 14.9 Å². The smallest absolute Gasteiger partial charge is 0.322 e. The minimum Gasteiger partial charge on any atom is -0.365 e. The molecule has 4 amide bonds. The summed E-state index contributed by atoms with van der Waals surface area (Å²) in [4.78, 5) is 40.3. The van der Waals surface area contributed by atoms with E-state index in [1.54, 1.807) is 4.90 Å². The van der Waals surface area contributed by atoms with Gasteiger partial charge in [0, 0.05) is 43.9 Å². The fourth-order valence-corrected chi connectivity index (χ4v) is 4.48. The van der Waals surface area contributed by atoms with Gasteiger partial charge in [-0.2, -0.15) is 0 Å². The Balaban J connectivity index is 1.37. The third-order valence-electron chi connectivity index (χ3n) is 6.14. The molecular weight excluding hydrogens is 382 g/mol. The summed E-state index contributed by atoms with van der Waals surface area (Å²) in [7, 11) is 0. The maximum Gasteiger partial charge on any atom is 0.322 e. The van der Waals surface area contributed by atoms with Crippen LogP contribution in [-0.2, 0) is 9.59 Å². The monoisotopic (exact) mass is 406 g/mol. The SMILES string of the molecule is C[C@@H]1CN(C(=O)CC[C@@]2(C3CC3)NC(=O)NC2=O)CCN1c1cc(F)cc(F)c1. The molecule has 0 bridgehead atoms. The highest BCUT2D eigenvalue weighted by atomic mass is 19.1. The van der Waals surface area contributed by atoms with E-state index < -0.39 is 23.2 Å². The molecule has 3 fully saturated rings. The van der Waals surface area contributed by atoms with Crippen molar-refractivity contribution in [3.05, 3.63) is 29.8 Å². The van der Waals surface area contributed by atoms with Gasteiger partial charge in [0.05, 0.1) is 0 Å². The predicted molar refractivity (Wildman–Crippen MR) is 101 cm³/mol. The first-order valence-corrected chi connectivity index (χ1v) is 9.92. The summed E-state index contributed by atoms with van der Waals surface area (Å²) in [5, 5.41) is 5.03. The van der Waals surface area contributed by atoms with Crippen molar-refractivity contribution in [3.63, 3.8) is 0 Å². The van der Waals surface area contributed by atoms with Crippen LogP contribution in [0.1, 0.15) is 32.6 Å². The molecule has 1 aromatic carbocycles. The topological polar surface area (TPSA) is 81.8 Å². The van der Waals surface area contributed by atoms with Crippen molar-refractivity contribution in [2.75, 3.05) is 24.5 Å². The van der Waals surface area contributed by atoms with Crippen molar-refractivity contribution < 1.29 is 23.2 Å². The summed E-state index contributed by atoms with van der Waals surface area (Å²) in [5.41, 5.74) is -0.514. The molecule has 1 saturated carbocycles. The normalized spacial score (nSPS) is 27.1. The first-order valence-electron chi connectivity index (χ1n) is 9.92. The first-order chi connectivity index (χ1) is 13.8. The van der Waals surface area contributed by atoms with Crippen molar-refractivity contribution in [1.82, 2.24) is 15.5 Å². The Morgan fingerprint density at radius 1 is 1.17 bits per heavy atom. The number of imide groups is 1. The number of nitrogens with one attached hydrogen (secondary N) is 2. The molecule has 0 spiro atoms. The summed E-state index contributed by atoms with van der Waals surface area (Å²) in [5.74, 6) is -1.61. The molecule has 0 aromatic heterocycles. The third kappa shape index (κ3) is 3.77. The summed E-state index contributed by atoms with van der Waals surface area (Å²) in [6.45, 7) is 3.21. The van der Waals surface area contributed by atoms with Gasteiger partial charge < -0.3 is 15.1 Å². The highest BCUT2D eigenvalue weighted by Gasteiger charge is 2.55. The van der Waals surface area contributed by atoms with Crippen molar-refractivity contribution >= 4 is 23.5 Å². The van der Waals surface area contributed by atoms with Gasteiger partial charge in [-0.05, 0) is 44.2 Å². The molecule has 0 unspecified atom stereocenters. The zero-order valence-corrected chi connectivity index (χ0v) is 16.2. The fraction of sp³-hybridized carbons (Fsp3) is 0.550. The maximum absolute atomic E-state index is 13.5. The molecule has 2 atom stereocenters. The van der Waals surface area contributed by atoms with E-state index in [0.29, 0.717) is 25.3 Å². The third-order valence-corrected chi connectivity index (χ3v) is 6.14. The maximum atomic E-state index is 13.5. The number of rotatable bonds is 5. The largest absolute Gasteiger partial charge is 0.365 e. The van der Waals surface area contributed by atoms with Crippen molar-refractivity contribution in [1.29, 1.82) is 0 Å². The molecule has 2 heterocycles. The van der Waals surface area contributed by atoms with E-state index in [1.807, 2.05) is 11.8 Å². The van der Waals surface area contributed by atoms with Gasteiger partial charge in [0.1, 0.15) is 17.2 Å². The number of anilines is 1. The van der Waals surface area contributed by atoms with Gasteiger partial charge >= 0.3 is 6.03 Å². The van der Waals surface area contributed by atoms with Crippen LogP contribution in [-0.4, -0.2) is 54.0 Å². The van der Waals surface area contributed by atoms with E-state index in [0.717, 1.165) is 18.9 Å². The van der Waals surface area contributed by atoms with Crippen molar-refractivity contribution in [2.24, 2.45) is 5.92 Å². The van der Waals surface area contributed by atoms with E-state index in [1.165, 1.54) is 12.1 Å². The minimum atomic E-state index is -0.973. The van der Waals surface area contributed by atoms with Crippen molar-refractivity contribution in [2.45, 2.75) is 44.2 Å². The summed E-state index contributed by atoms with van der Waals surface area (Å²) in [6, 6.07) is 2.80. The van der Waals surface area contributed by atoms with Crippen LogP contribution < -0.4 is 15.5 Å². The number of carbonyl (C=O) groups is 3. The van der Waals surface area contributed by atoms with E-state index in [9.17, 15) is 23.2 Å². The van der Waals surface area contributed by atoms with Crippen LogP contribution in [0.25, 0.3) is 0 Å². The number of urea groups is 1. The Morgan fingerprint density at radius 2 is 1.86 bits per heavy atom. The minimum absolute atomic E-state index is 0.0837. The number of nitrogens with zero attached hydrogens (tertiary/aromatic N) is 2.